The molecule has 2 amide bonds. The first-order valence-electron chi connectivity index (χ1n) is 9.90. The van der Waals surface area contributed by atoms with Crippen LogP contribution in [0.3, 0.4) is 0 Å². The molecule has 0 fully saturated rings. The zero-order valence-electron chi connectivity index (χ0n) is 17.1. The molecule has 0 saturated heterocycles. The Morgan fingerprint density at radius 3 is 1.56 bits per heavy atom. The second kappa shape index (κ2) is 18.0. The Bertz CT molecular complexity index is 280. The Hall–Kier alpha value is -0.850. The average molecular weight is 363 g/mol. The zero-order chi connectivity index (χ0) is 19.6. The quantitative estimate of drug-likeness (QED) is 0.330. The third kappa shape index (κ3) is 14.0. The van der Waals surface area contributed by atoms with E-state index in [0.29, 0.717) is 25.7 Å². The van der Waals surface area contributed by atoms with E-state index in [4.69, 9.17) is 19.0 Å². The molecule has 0 aromatic heterocycles. The summed E-state index contributed by atoms with van der Waals surface area (Å²) < 4.78 is 17.7. The maximum Gasteiger partial charge on any atom is 0.309 e. The van der Waals surface area contributed by atoms with Crippen molar-refractivity contribution in [1.82, 2.24) is 0 Å². The summed E-state index contributed by atoms with van der Waals surface area (Å²) in [5.74, 6) is -0.528. The number of urea groups is 1. The lowest BCUT2D eigenvalue weighted by molar-refractivity contribution is -0.402. The molecule has 0 aromatic carbocycles. The van der Waals surface area contributed by atoms with Gasteiger partial charge in [-0.3, -0.25) is 0 Å². The number of amides is 2. The van der Waals surface area contributed by atoms with Crippen LogP contribution in [-0.2, 0) is 14.2 Å². The third-order valence-corrected chi connectivity index (χ3v) is 3.94. The molecule has 152 valence electrons. The van der Waals surface area contributed by atoms with Crippen molar-refractivity contribution in [2.24, 2.45) is 17.4 Å². The molecule has 1 atom stereocenters. The molecular weight excluding hydrogens is 320 g/mol. The molecule has 6 heteroatoms. The van der Waals surface area contributed by atoms with Gasteiger partial charge in [0.15, 0.2) is 0 Å². The number of carbonyl (C=O) groups is 1. The van der Waals surface area contributed by atoms with Crippen molar-refractivity contribution in [3.63, 3.8) is 0 Å². The minimum Gasteiger partial charge on any atom is -0.352 e. The fourth-order valence-electron chi connectivity index (χ4n) is 2.88. The Morgan fingerprint density at radius 1 is 0.800 bits per heavy atom. The molecule has 0 bridgehead atoms. The number of hydrogen-bond donors (Lipinski definition) is 2. The summed E-state index contributed by atoms with van der Waals surface area (Å²) in [5.41, 5.74) is 8.50. The van der Waals surface area contributed by atoms with E-state index < -0.39 is 12.0 Å². The molecule has 0 aliphatic heterocycles. The summed E-state index contributed by atoms with van der Waals surface area (Å²) >= 11 is 0. The fraction of sp³-hybridized carbons (Fsp3) is 0.947. The van der Waals surface area contributed by atoms with Crippen LogP contribution in [0.5, 0.6) is 0 Å². The van der Waals surface area contributed by atoms with Gasteiger partial charge in [-0.05, 0) is 33.6 Å². The first-order valence-corrected chi connectivity index (χ1v) is 9.90. The van der Waals surface area contributed by atoms with Crippen LogP contribution < -0.4 is 11.5 Å². The van der Waals surface area contributed by atoms with E-state index in [-0.39, 0.29) is 0 Å². The maximum atomic E-state index is 9.00. The van der Waals surface area contributed by atoms with Gasteiger partial charge < -0.3 is 25.7 Å². The lowest BCUT2D eigenvalue weighted by atomic mass is 9.95. The zero-order valence-corrected chi connectivity index (χ0v) is 17.1. The van der Waals surface area contributed by atoms with Gasteiger partial charge in [-0.25, -0.2) is 4.79 Å². The second-order valence-corrected chi connectivity index (χ2v) is 5.97. The molecule has 0 radical (unpaired) electrons. The average Bonchev–Trinajstić information content (AvgIpc) is 2.54. The van der Waals surface area contributed by atoms with Crippen LogP contribution in [-0.4, -0.2) is 31.8 Å². The van der Waals surface area contributed by atoms with E-state index in [1.807, 2.05) is 20.8 Å². The van der Waals surface area contributed by atoms with Gasteiger partial charge in [0, 0.05) is 25.7 Å². The minimum absolute atomic E-state index is 0.309. The summed E-state index contributed by atoms with van der Waals surface area (Å²) in [4.78, 5) is 9.00. The molecule has 0 aromatic rings. The number of primary amides is 2. The first-order chi connectivity index (χ1) is 11.9. The highest BCUT2D eigenvalue weighted by molar-refractivity contribution is 5.69. The molecule has 0 heterocycles. The Morgan fingerprint density at radius 2 is 1.20 bits per heavy atom. The SMILES string of the molecule is CCCCCCCCC(CC)C(OCC)(OCC)OCC.NC(N)=O. The molecular formula is C19H42N2O4. The molecule has 0 saturated carbocycles. The highest BCUT2D eigenvalue weighted by Crippen LogP contribution is 2.32. The maximum absolute atomic E-state index is 9.00. The minimum atomic E-state index is -0.837. The van der Waals surface area contributed by atoms with Crippen molar-refractivity contribution in [3.8, 4) is 0 Å². The summed E-state index contributed by atoms with van der Waals surface area (Å²) in [7, 11) is 0. The number of carbonyl (C=O) groups excluding carboxylic acids is 1. The predicted molar refractivity (Wildman–Crippen MR) is 103 cm³/mol. The van der Waals surface area contributed by atoms with E-state index in [0.717, 1.165) is 12.8 Å². The van der Waals surface area contributed by atoms with Gasteiger partial charge in [0.05, 0.1) is 0 Å². The largest absolute Gasteiger partial charge is 0.352 e. The first kappa shape index (κ1) is 26.4. The van der Waals surface area contributed by atoms with Crippen LogP contribution in [0.1, 0.15) is 86.0 Å². The van der Waals surface area contributed by atoms with Crippen molar-refractivity contribution in [2.75, 3.05) is 19.8 Å². The van der Waals surface area contributed by atoms with Crippen molar-refractivity contribution in [2.45, 2.75) is 92.0 Å². The van der Waals surface area contributed by atoms with E-state index in [2.05, 4.69) is 25.3 Å². The van der Waals surface area contributed by atoms with Crippen molar-refractivity contribution >= 4 is 6.03 Å². The molecule has 0 spiro atoms. The Kier molecular flexibility index (Phi) is 18.9. The number of unbranched alkanes of at least 4 members (excludes halogenated alkanes) is 5. The van der Waals surface area contributed by atoms with Crippen LogP contribution in [0, 0.1) is 5.92 Å². The van der Waals surface area contributed by atoms with Gasteiger partial charge in [0.25, 0.3) is 5.97 Å². The third-order valence-electron chi connectivity index (χ3n) is 3.94. The monoisotopic (exact) mass is 362 g/mol. The Labute approximate surface area is 154 Å². The lowest BCUT2D eigenvalue weighted by Gasteiger charge is -2.38. The standard InChI is InChI=1S/C18H38O3.CH4N2O/c1-6-11-12-13-14-15-16-17(7-2)18(19-8-3,20-9-4)21-10-5;2-1(3)4/h17H,6-16H2,1-5H3;(H4,2,3,4). The van der Waals surface area contributed by atoms with Crippen molar-refractivity contribution < 1.29 is 19.0 Å². The fourth-order valence-corrected chi connectivity index (χ4v) is 2.88. The second-order valence-electron chi connectivity index (χ2n) is 5.97. The molecule has 4 N–H and O–H groups in total. The smallest absolute Gasteiger partial charge is 0.309 e. The van der Waals surface area contributed by atoms with Gasteiger partial charge >= 0.3 is 6.03 Å². The van der Waals surface area contributed by atoms with Crippen LogP contribution >= 0.6 is 0 Å². The highest BCUT2D eigenvalue weighted by Gasteiger charge is 2.40. The number of hydrogen-bond acceptors (Lipinski definition) is 4. The molecule has 0 aliphatic carbocycles. The summed E-state index contributed by atoms with van der Waals surface area (Å²) in [5, 5.41) is 0. The van der Waals surface area contributed by atoms with E-state index in [1.54, 1.807) is 0 Å². The summed E-state index contributed by atoms with van der Waals surface area (Å²) in [6.07, 6.45) is 10.0. The van der Waals surface area contributed by atoms with Crippen molar-refractivity contribution in [1.29, 1.82) is 0 Å². The molecule has 25 heavy (non-hydrogen) atoms. The lowest BCUT2D eigenvalue weighted by Crippen LogP contribution is -2.46. The summed E-state index contributed by atoms with van der Waals surface area (Å²) in [6, 6.07) is -0.833. The van der Waals surface area contributed by atoms with Gasteiger partial charge in [-0.1, -0.05) is 52.4 Å². The van der Waals surface area contributed by atoms with Gasteiger partial charge in [-0.2, -0.15) is 0 Å². The summed E-state index contributed by atoms with van der Waals surface area (Å²) in [6.45, 7) is 12.3. The number of nitrogens with two attached hydrogens (primary N) is 2. The van der Waals surface area contributed by atoms with E-state index >= 15 is 0 Å². The Balaban J connectivity index is 0. The molecule has 0 aliphatic rings. The van der Waals surface area contributed by atoms with Gasteiger partial charge in [0.1, 0.15) is 0 Å². The normalized spacial score (nSPS) is 12.4. The van der Waals surface area contributed by atoms with Crippen LogP contribution in [0.15, 0.2) is 0 Å². The number of ether oxygens (including phenoxy) is 3. The van der Waals surface area contributed by atoms with E-state index in [9.17, 15) is 0 Å². The van der Waals surface area contributed by atoms with Gasteiger partial charge in [-0.15, -0.1) is 0 Å². The highest BCUT2D eigenvalue weighted by atomic mass is 16.9. The van der Waals surface area contributed by atoms with Crippen LogP contribution in [0.2, 0.25) is 0 Å². The molecule has 0 rings (SSSR count). The van der Waals surface area contributed by atoms with E-state index in [1.165, 1.54) is 38.5 Å². The van der Waals surface area contributed by atoms with Gasteiger partial charge in [0.2, 0.25) is 0 Å². The van der Waals surface area contributed by atoms with Crippen molar-refractivity contribution in [3.05, 3.63) is 0 Å². The van der Waals surface area contributed by atoms with Crippen LogP contribution in [0.25, 0.3) is 0 Å². The number of rotatable bonds is 15. The molecule has 6 nitrogen and oxygen atoms in total. The molecule has 1 unspecified atom stereocenters. The van der Waals surface area contributed by atoms with Crippen LogP contribution in [0.4, 0.5) is 4.79 Å². The topological polar surface area (TPSA) is 96.8 Å². The predicted octanol–water partition coefficient (Wildman–Crippen LogP) is 4.55.